The number of hydrogen-bond donors (Lipinski definition) is 3. The van der Waals surface area contributed by atoms with Gasteiger partial charge < -0.3 is 15.3 Å². The molecule has 0 unspecified atom stereocenters. The summed E-state index contributed by atoms with van der Waals surface area (Å²) in [5.41, 5.74) is -1.39. The lowest BCUT2D eigenvalue weighted by molar-refractivity contribution is -0.158. The molecule has 66 valence electrons. The molecule has 4 nitrogen and oxygen atoms in total. The largest absolute Gasteiger partial charge is 0.481 e. The molecule has 0 spiro atoms. The van der Waals surface area contributed by atoms with Crippen molar-refractivity contribution in [3.8, 4) is 0 Å². The van der Waals surface area contributed by atoms with E-state index in [1.54, 1.807) is 13.8 Å². The van der Waals surface area contributed by atoms with E-state index in [4.69, 9.17) is 15.3 Å². The molecule has 11 heavy (non-hydrogen) atoms. The molecule has 0 amide bonds. The molecule has 0 heterocycles. The number of aliphatic carboxylic acids is 1. The van der Waals surface area contributed by atoms with Crippen molar-refractivity contribution < 1.29 is 20.1 Å². The molecular weight excluding hydrogens is 148 g/mol. The first-order valence-electron chi connectivity index (χ1n) is 3.46. The van der Waals surface area contributed by atoms with Gasteiger partial charge in [-0.05, 0) is 5.92 Å². The second-order valence-electron chi connectivity index (χ2n) is 2.93. The Labute approximate surface area is 65.5 Å². The van der Waals surface area contributed by atoms with Crippen LogP contribution in [0.3, 0.4) is 0 Å². The lowest BCUT2D eigenvalue weighted by Crippen LogP contribution is -2.43. The van der Waals surface area contributed by atoms with E-state index in [0.29, 0.717) is 0 Å². The molecule has 0 bridgehead atoms. The summed E-state index contributed by atoms with van der Waals surface area (Å²) in [4.78, 5) is 10.6. The predicted molar refractivity (Wildman–Crippen MR) is 39.1 cm³/mol. The smallest absolute Gasteiger partial charge is 0.314 e. The average molecular weight is 162 g/mol. The van der Waals surface area contributed by atoms with Crippen molar-refractivity contribution in [2.75, 3.05) is 13.2 Å². The summed E-state index contributed by atoms with van der Waals surface area (Å²) >= 11 is 0. The SMILES string of the molecule is CC(C)C(CO)(CO)C(=O)O. The van der Waals surface area contributed by atoms with E-state index in [1.165, 1.54) is 0 Å². The van der Waals surface area contributed by atoms with Crippen LogP contribution in [0, 0.1) is 11.3 Å². The van der Waals surface area contributed by atoms with Crippen LogP contribution in [-0.2, 0) is 4.79 Å². The second kappa shape index (κ2) is 3.69. The summed E-state index contributed by atoms with van der Waals surface area (Å²) in [6.07, 6.45) is 0. The highest BCUT2D eigenvalue weighted by atomic mass is 16.4. The van der Waals surface area contributed by atoms with Gasteiger partial charge in [-0.25, -0.2) is 0 Å². The fraction of sp³-hybridized carbons (Fsp3) is 0.857. The highest BCUT2D eigenvalue weighted by molar-refractivity contribution is 5.75. The number of carboxylic acids is 1. The van der Waals surface area contributed by atoms with Gasteiger partial charge in [0.25, 0.3) is 0 Å². The van der Waals surface area contributed by atoms with Crippen molar-refractivity contribution in [1.82, 2.24) is 0 Å². The first-order valence-corrected chi connectivity index (χ1v) is 3.46. The fourth-order valence-corrected chi connectivity index (χ4v) is 0.797. The number of carboxylic acid groups (broad SMARTS) is 1. The Balaban J connectivity index is 4.61. The van der Waals surface area contributed by atoms with Gasteiger partial charge in [-0.1, -0.05) is 13.8 Å². The van der Waals surface area contributed by atoms with Gasteiger partial charge in [0.15, 0.2) is 0 Å². The van der Waals surface area contributed by atoms with E-state index in [-0.39, 0.29) is 5.92 Å². The average Bonchev–Trinajstić information content (AvgIpc) is 1.90. The minimum Gasteiger partial charge on any atom is -0.481 e. The van der Waals surface area contributed by atoms with Gasteiger partial charge in [0, 0.05) is 0 Å². The molecule has 0 aromatic heterocycles. The van der Waals surface area contributed by atoms with Gasteiger partial charge in [0.2, 0.25) is 0 Å². The summed E-state index contributed by atoms with van der Waals surface area (Å²) in [6, 6.07) is 0. The number of carbonyl (C=O) groups is 1. The van der Waals surface area contributed by atoms with Crippen LogP contribution in [0.2, 0.25) is 0 Å². The molecule has 0 aliphatic carbocycles. The van der Waals surface area contributed by atoms with Crippen LogP contribution < -0.4 is 0 Å². The van der Waals surface area contributed by atoms with Crippen LogP contribution in [0.5, 0.6) is 0 Å². The topological polar surface area (TPSA) is 77.8 Å². The molecule has 0 aromatic rings. The standard InChI is InChI=1S/C7H14O4/c1-5(2)7(3-8,4-9)6(10)11/h5,8-9H,3-4H2,1-2H3,(H,10,11). The first kappa shape index (κ1) is 10.4. The quantitative estimate of drug-likeness (QED) is 0.530. The van der Waals surface area contributed by atoms with Crippen LogP contribution in [0.4, 0.5) is 0 Å². The van der Waals surface area contributed by atoms with Crippen molar-refractivity contribution in [3.63, 3.8) is 0 Å². The van der Waals surface area contributed by atoms with Crippen LogP contribution >= 0.6 is 0 Å². The molecule has 0 radical (unpaired) electrons. The van der Waals surface area contributed by atoms with Crippen LogP contribution in [0.25, 0.3) is 0 Å². The summed E-state index contributed by atoms with van der Waals surface area (Å²) in [5.74, 6) is -1.44. The minimum atomic E-state index is -1.39. The van der Waals surface area contributed by atoms with E-state index in [0.717, 1.165) is 0 Å². The van der Waals surface area contributed by atoms with Crippen molar-refractivity contribution >= 4 is 5.97 Å². The Kier molecular flexibility index (Phi) is 3.48. The van der Waals surface area contributed by atoms with Crippen molar-refractivity contribution in [3.05, 3.63) is 0 Å². The van der Waals surface area contributed by atoms with Gasteiger partial charge in [-0.15, -0.1) is 0 Å². The maximum absolute atomic E-state index is 10.6. The maximum atomic E-state index is 10.6. The Bertz CT molecular complexity index is 137. The summed E-state index contributed by atoms with van der Waals surface area (Å²) in [6.45, 7) is 2.24. The van der Waals surface area contributed by atoms with E-state index >= 15 is 0 Å². The molecule has 0 aliphatic rings. The molecule has 4 heteroatoms. The van der Waals surface area contributed by atoms with Gasteiger partial charge in [0.1, 0.15) is 5.41 Å². The van der Waals surface area contributed by atoms with E-state index in [2.05, 4.69) is 0 Å². The molecule has 0 saturated heterocycles. The normalized spacial score (nSPS) is 12.1. The Morgan fingerprint density at radius 1 is 1.36 bits per heavy atom. The van der Waals surface area contributed by atoms with Gasteiger partial charge in [-0.2, -0.15) is 0 Å². The Morgan fingerprint density at radius 3 is 1.73 bits per heavy atom. The van der Waals surface area contributed by atoms with Crippen LogP contribution in [0.1, 0.15) is 13.8 Å². The summed E-state index contributed by atoms with van der Waals surface area (Å²) in [5, 5.41) is 26.2. The zero-order chi connectivity index (χ0) is 9.07. The molecule has 0 atom stereocenters. The predicted octanol–water partition coefficient (Wildman–Crippen LogP) is -0.302. The highest BCUT2D eigenvalue weighted by Gasteiger charge is 2.40. The van der Waals surface area contributed by atoms with E-state index in [9.17, 15) is 4.79 Å². The number of hydrogen-bond acceptors (Lipinski definition) is 3. The van der Waals surface area contributed by atoms with E-state index in [1.807, 2.05) is 0 Å². The van der Waals surface area contributed by atoms with Crippen molar-refractivity contribution in [2.24, 2.45) is 11.3 Å². The number of rotatable bonds is 4. The number of aliphatic hydroxyl groups is 2. The lowest BCUT2D eigenvalue weighted by Gasteiger charge is -2.28. The van der Waals surface area contributed by atoms with E-state index < -0.39 is 24.6 Å². The van der Waals surface area contributed by atoms with Crippen LogP contribution in [0.15, 0.2) is 0 Å². The third kappa shape index (κ3) is 1.70. The monoisotopic (exact) mass is 162 g/mol. The molecule has 3 N–H and O–H groups in total. The lowest BCUT2D eigenvalue weighted by atomic mass is 9.79. The minimum absolute atomic E-state index is 0.282. The zero-order valence-electron chi connectivity index (χ0n) is 6.74. The van der Waals surface area contributed by atoms with Crippen molar-refractivity contribution in [1.29, 1.82) is 0 Å². The zero-order valence-corrected chi connectivity index (χ0v) is 6.74. The Hall–Kier alpha value is -0.610. The molecule has 0 saturated carbocycles. The third-order valence-electron chi connectivity index (χ3n) is 2.10. The fourth-order valence-electron chi connectivity index (χ4n) is 0.797. The second-order valence-corrected chi connectivity index (χ2v) is 2.93. The molecule has 0 fully saturated rings. The molecule has 0 rings (SSSR count). The number of aliphatic hydroxyl groups excluding tert-OH is 2. The maximum Gasteiger partial charge on any atom is 0.314 e. The Morgan fingerprint density at radius 2 is 1.73 bits per heavy atom. The molecular formula is C7H14O4. The van der Waals surface area contributed by atoms with Crippen molar-refractivity contribution in [2.45, 2.75) is 13.8 Å². The molecule has 0 aromatic carbocycles. The highest BCUT2D eigenvalue weighted by Crippen LogP contribution is 2.26. The van der Waals surface area contributed by atoms with Gasteiger partial charge in [-0.3, -0.25) is 4.79 Å². The third-order valence-corrected chi connectivity index (χ3v) is 2.10. The summed E-state index contributed by atoms with van der Waals surface area (Å²) in [7, 11) is 0. The first-order chi connectivity index (χ1) is 5.01. The van der Waals surface area contributed by atoms with Gasteiger partial charge in [0.05, 0.1) is 13.2 Å². The van der Waals surface area contributed by atoms with Crippen LogP contribution in [-0.4, -0.2) is 34.5 Å². The summed E-state index contributed by atoms with van der Waals surface area (Å²) < 4.78 is 0. The van der Waals surface area contributed by atoms with Gasteiger partial charge >= 0.3 is 5.97 Å². The molecule has 0 aliphatic heterocycles.